The first-order valence-corrected chi connectivity index (χ1v) is 5.92. The summed E-state index contributed by atoms with van der Waals surface area (Å²) in [6, 6.07) is 0. The summed E-state index contributed by atoms with van der Waals surface area (Å²) in [7, 11) is 2.13. The maximum atomic E-state index is 10.1. The fourth-order valence-corrected chi connectivity index (χ4v) is 2.48. The molecule has 2 saturated heterocycles. The van der Waals surface area contributed by atoms with Crippen molar-refractivity contribution >= 4 is 0 Å². The first-order chi connectivity index (χ1) is 7.25. The van der Waals surface area contributed by atoms with Gasteiger partial charge in [0.05, 0.1) is 19.3 Å². The zero-order chi connectivity index (χ0) is 10.7. The van der Waals surface area contributed by atoms with Gasteiger partial charge in [0.1, 0.15) is 0 Å². The third kappa shape index (κ3) is 3.14. The molecule has 15 heavy (non-hydrogen) atoms. The highest BCUT2D eigenvalue weighted by molar-refractivity contribution is 4.81. The minimum Gasteiger partial charge on any atom is -0.391 e. The van der Waals surface area contributed by atoms with E-state index in [0.29, 0.717) is 5.92 Å². The molecule has 2 atom stereocenters. The topological polar surface area (TPSA) is 35.9 Å². The second-order valence-corrected chi connectivity index (χ2v) is 4.79. The molecule has 2 aliphatic heterocycles. The molecule has 4 nitrogen and oxygen atoms in total. The summed E-state index contributed by atoms with van der Waals surface area (Å²) < 4.78 is 5.29. The van der Waals surface area contributed by atoms with Gasteiger partial charge in [0.2, 0.25) is 0 Å². The van der Waals surface area contributed by atoms with E-state index in [1.54, 1.807) is 0 Å². The number of rotatable bonds is 3. The van der Waals surface area contributed by atoms with Gasteiger partial charge in [-0.2, -0.15) is 0 Å². The van der Waals surface area contributed by atoms with Gasteiger partial charge < -0.3 is 14.7 Å². The van der Waals surface area contributed by atoms with E-state index in [1.165, 1.54) is 0 Å². The van der Waals surface area contributed by atoms with Crippen LogP contribution in [-0.2, 0) is 4.74 Å². The van der Waals surface area contributed by atoms with E-state index in [2.05, 4.69) is 16.8 Å². The van der Waals surface area contributed by atoms with Crippen molar-refractivity contribution in [2.45, 2.75) is 12.5 Å². The molecule has 1 N–H and O–H groups in total. The van der Waals surface area contributed by atoms with Gasteiger partial charge in [-0.3, -0.25) is 4.90 Å². The maximum absolute atomic E-state index is 10.1. The molecule has 2 unspecified atom stereocenters. The largest absolute Gasteiger partial charge is 0.391 e. The molecule has 0 saturated carbocycles. The molecular formula is C11H22N2O2. The summed E-state index contributed by atoms with van der Waals surface area (Å²) in [6.07, 6.45) is 0.982. The van der Waals surface area contributed by atoms with Gasteiger partial charge in [-0.05, 0) is 25.9 Å². The summed E-state index contributed by atoms with van der Waals surface area (Å²) in [6.45, 7) is 6.58. The molecule has 2 heterocycles. The highest BCUT2D eigenvalue weighted by atomic mass is 16.5. The Morgan fingerprint density at radius 1 is 1.33 bits per heavy atom. The Balaban J connectivity index is 1.73. The number of likely N-dealkylation sites (tertiary alicyclic amines) is 1. The minimum absolute atomic E-state index is 0.159. The van der Waals surface area contributed by atoms with Crippen molar-refractivity contribution < 1.29 is 9.84 Å². The molecule has 2 rings (SSSR count). The molecular weight excluding hydrogens is 192 g/mol. The van der Waals surface area contributed by atoms with Crippen LogP contribution in [0.25, 0.3) is 0 Å². The van der Waals surface area contributed by atoms with E-state index < -0.39 is 0 Å². The van der Waals surface area contributed by atoms with Crippen LogP contribution in [0.5, 0.6) is 0 Å². The number of ether oxygens (including phenoxy) is 1. The summed E-state index contributed by atoms with van der Waals surface area (Å²) in [4.78, 5) is 4.61. The van der Waals surface area contributed by atoms with Gasteiger partial charge in [0, 0.05) is 26.2 Å². The first-order valence-electron chi connectivity index (χ1n) is 5.92. The Bertz CT molecular complexity index is 195. The van der Waals surface area contributed by atoms with Crippen molar-refractivity contribution in [1.82, 2.24) is 9.80 Å². The van der Waals surface area contributed by atoms with Gasteiger partial charge in [-0.1, -0.05) is 0 Å². The number of nitrogens with zero attached hydrogens (tertiary/aromatic N) is 2. The van der Waals surface area contributed by atoms with Crippen LogP contribution < -0.4 is 0 Å². The number of hydrogen-bond donors (Lipinski definition) is 1. The zero-order valence-corrected chi connectivity index (χ0v) is 9.56. The number of aliphatic hydroxyl groups is 1. The third-order valence-corrected chi connectivity index (χ3v) is 3.52. The van der Waals surface area contributed by atoms with E-state index in [9.17, 15) is 5.11 Å². The fraction of sp³-hybridized carbons (Fsp3) is 1.00. The van der Waals surface area contributed by atoms with Crippen LogP contribution in [0.15, 0.2) is 0 Å². The summed E-state index contributed by atoms with van der Waals surface area (Å²) in [5, 5.41) is 10.1. The van der Waals surface area contributed by atoms with Gasteiger partial charge in [0.25, 0.3) is 0 Å². The van der Waals surface area contributed by atoms with Crippen molar-refractivity contribution in [3.05, 3.63) is 0 Å². The van der Waals surface area contributed by atoms with Gasteiger partial charge in [0.15, 0.2) is 0 Å². The Kier molecular flexibility index (Phi) is 3.97. The summed E-state index contributed by atoms with van der Waals surface area (Å²) in [5.41, 5.74) is 0. The quantitative estimate of drug-likeness (QED) is 0.695. The van der Waals surface area contributed by atoms with Crippen LogP contribution in [0.4, 0.5) is 0 Å². The number of β-amino-alcohol motifs (C(OH)–C–C–N with tert-alkyl or cyclic N) is 1. The lowest BCUT2D eigenvalue weighted by molar-refractivity contribution is 0.00218. The molecule has 0 spiro atoms. The SMILES string of the molecule is CN1CCC(C(O)CN2CCOCC2)C1. The smallest absolute Gasteiger partial charge is 0.0707 e. The number of aliphatic hydroxyl groups excluding tert-OH is 1. The van der Waals surface area contributed by atoms with E-state index >= 15 is 0 Å². The van der Waals surface area contributed by atoms with Crippen molar-refractivity contribution in [2.24, 2.45) is 5.92 Å². The second kappa shape index (κ2) is 5.25. The molecule has 2 aliphatic rings. The lowest BCUT2D eigenvalue weighted by Gasteiger charge is -2.30. The van der Waals surface area contributed by atoms with Crippen LogP contribution >= 0.6 is 0 Å². The molecule has 2 fully saturated rings. The Labute approximate surface area is 91.8 Å². The molecule has 0 radical (unpaired) electrons. The highest BCUT2D eigenvalue weighted by Gasteiger charge is 2.27. The third-order valence-electron chi connectivity index (χ3n) is 3.52. The molecule has 0 aromatic rings. The van der Waals surface area contributed by atoms with Crippen LogP contribution in [0.2, 0.25) is 0 Å². The maximum Gasteiger partial charge on any atom is 0.0707 e. The molecule has 0 aromatic heterocycles. The number of morpholine rings is 1. The molecule has 4 heteroatoms. The Hall–Kier alpha value is -0.160. The molecule has 88 valence electrons. The molecule has 0 bridgehead atoms. The van der Waals surface area contributed by atoms with E-state index in [4.69, 9.17) is 4.74 Å². The Morgan fingerprint density at radius 3 is 2.67 bits per heavy atom. The van der Waals surface area contributed by atoms with Gasteiger partial charge in [-0.25, -0.2) is 0 Å². The predicted octanol–water partition coefficient (Wildman–Crippen LogP) is -0.369. The zero-order valence-electron chi connectivity index (χ0n) is 9.56. The second-order valence-electron chi connectivity index (χ2n) is 4.79. The van der Waals surface area contributed by atoms with E-state index in [-0.39, 0.29) is 6.10 Å². The molecule has 0 aromatic carbocycles. The Morgan fingerprint density at radius 2 is 2.07 bits per heavy atom. The highest BCUT2D eigenvalue weighted by Crippen LogP contribution is 2.19. The predicted molar refractivity (Wildman–Crippen MR) is 58.9 cm³/mol. The lowest BCUT2D eigenvalue weighted by atomic mass is 10.0. The van der Waals surface area contributed by atoms with Crippen molar-refractivity contribution in [2.75, 3.05) is 53.0 Å². The van der Waals surface area contributed by atoms with Crippen LogP contribution in [0.3, 0.4) is 0 Å². The minimum atomic E-state index is -0.159. The lowest BCUT2D eigenvalue weighted by Crippen LogP contribution is -2.43. The standard InChI is InChI=1S/C11H22N2O2/c1-12-3-2-10(8-12)11(14)9-13-4-6-15-7-5-13/h10-11,14H,2-9H2,1H3. The molecule has 0 amide bonds. The fourth-order valence-electron chi connectivity index (χ4n) is 2.48. The van der Waals surface area contributed by atoms with Crippen molar-refractivity contribution in [1.29, 1.82) is 0 Å². The van der Waals surface area contributed by atoms with E-state index in [1.807, 2.05) is 0 Å². The number of hydrogen-bond acceptors (Lipinski definition) is 4. The van der Waals surface area contributed by atoms with E-state index in [0.717, 1.165) is 52.4 Å². The first kappa shape index (κ1) is 11.3. The van der Waals surface area contributed by atoms with Crippen molar-refractivity contribution in [3.8, 4) is 0 Å². The normalized spacial score (nSPS) is 32.0. The van der Waals surface area contributed by atoms with Gasteiger partial charge in [-0.15, -0.1) is 0 Å². The van der Waals surface area contributed by atoms with Crippen molar-refractivity contribution in [3.63, 3.8) is 0 Å². The molecule has 0 aliphatic carbocycles. The van der Waals surface area contributed by atoms with Gasteiger partial charge >= 0.3 is 0 Å². The average molecular weight is 214 g/mol. The monoisotopic (exact) mass is 214 g/mol. The summed E-state index contributed by atoms with van der Waals surface area (Å²) in [5.74, 6) is 0.470. The average Bonchev–Trinajstić information content (AvgIpc) is 2.66. The van der Waals surface area contributed by atoms with Crippen LogP contribution in [0, 0.1) is 5.92 Å². The van der Waals surface area contributed by atoms with Crippen LogP contribution in [0.1, 0.15) is 6.42 Å². The van der Waals surface area contributed by atoms with Crippen LogP contribution in [-0.4, -0.2) is 74.0 Å². The summed E-state index contributed by atoms with van der Waals surface area (Å²) >= 11 is 0.